The Morgan fingerprint density at radius 2 is 0.529 bits per heavy atom. The Bertz CT molecular complexity index is 581. The smallest absolute Gasteiger partial charge is 0.0721 e. The van der Waals surface area contributed by atoms with E-state index in [-0.39, 0.29) is 0 Å². The Kier molecular flexibility index (Phi) is 45.8. The first-order valence-corrected chi connectivity index (χ1v) is 23.7. The zero-order chi connectivity index (χ0) is 37.0. The van der Waals surface area contributed by atoms with Gasteiger partial charge in [-0.3, -0.25) is 9.68 Å². The summed E-state index contributed by atoms with van der Waals surface area (Å²) >= 11 is 0. The van der Waals surface area contributed by atoms with E-state index in [2.05, 4.69) is 36.2 Å². The van der Waals surface area contributed by atoms with Gasteiger partial charge in [0, 0.05) is 6.54 Å². The molecule has 0 aliphatic carbocycles. The molecular weight excluding hydrogens is 627 g/mol. The minimum Gasteiger partial charge on any atom is -0.303 e. The standard InChI is InChI=1S/C46H97N3O2/c1-5-9-12-15-18-21-24-27-30-32-35-40-48(41-36-33-31-28-25-22-19-16-13-10-6-2)43-38-44-49(45-39-46-51-47-50-8-4)42-37-34-29-26-23-20-17-14-11-7-3/h47H,5-46H2,1-4H3. The van der Waals surface area contributed by atoms with Crippen LogP contribution in [0, 0.1) is 0 Å². The molecule has 0 aromatic rings. The second-order valence-corrected chi connectivity index (χ2v) is 16.0. The first kappa shape index (κ1) is 50.8. The van der Waals surface area contributed by atoms with Gasteiger partial charge in [-0.2, -0.15) is 0 Å². The molecule has 0 fully saturated rings. The molecule has 0 rings (SSSR count). The molecule has 0 spiro atoms. The van der Waals surface area contributed by atoms with Crippen molar-refractivity contribution in [3.05, 3.63) is 0 Å². The van der Waals surface area contributed by atoms with Crippen LogP contribution in [0.2, 0.25) is 0 Å². The van der Waals surface area contributed by atoms with E-state index in [1.54, 1.807) is 0 Å². The number of hydrogen-bond donors (Lipinski definition) is 1. The summed E-state index contributed by atoms with van der Waals surface area (Å²) in [7, 11) is 0. The molecule has 0 bridgehead atoms. The molecule has 0 saturated carbocycles. The Morgan fingerprint density at radius 3 is 0.824 bits per heavy atom. The predicted octanol–water partition coefficient (Wildman–Crippen LogP) is 14.4. The quantitative estimate of drug-likeness (QED) is 0.0500. The maximum absolute atomic E-state index is 5.48. The van der Waals surface area contributed by atoms with Crippen molar-refractivity contribution in [3.63, 3.8) is 0 Å². The molecule has 0 aliphatic heterocycles. The van der Waals surface area contributed by atoms with Gasteiger partial charge in [-0.15, -0.1) is 0 Å². The van der Waals surface area contributed by atoms with Crippen LogP contribution in [0.25, 0.3) is 0 Å². The zero-order valence-corrected chi connectivity index (χ0v) is 35.9. The highest BCUT2D eigenvalue weighted by atomic mass is 16.9. The summed E-state index contributed by atoms with van der Waals surface area (Å²) < 4.78 is 0. The van der Waals surface area contributed by atoms with Crippen molar-refractivity contribution in [3.8, 4) is 0 Å². The normalized spacial score (nSPS) is 11.9. The van der Waals surface area contributed by atoms with Crippen LogP contribution in [-0.2, 0) is 9.68 Å². The number of hydrogen-bond acceptors (Lipinski definition) is 5. The van der Waals surface area contributed by atoms with Crippen LogP contribution in [0.5, 0.6) is 0 Å². The Hall–Kier alpha value is -0.200. The highest BCUT2D eigenvalue weighted by molar-refractivity contribution is 4.65. The third-order valence-electron chi connectivity index (χ3n) is 10.9. The fourth-order valence-electron chi connectivity index (χ4n) is 7.51. The van der Waals surface area contributed by atoms with Crippen molar-refractivity contribution in [1.82, 2.24) is 15.4 Å². The monoisotopic (exact) mass is 724 g/mol. The molecule has 0 aromatic carbocycles. The van der Waals surface area contributed by atoms with Gasteiger partial charge in [-0.1, -0.05) is 213 Å². The molecule has 5 nitrogen and oxygen atoms in total. The lowest BCUT2D eigenvalue weighted by molar-refractivity contribution is -0.168. The van der Waals surface area contributed by atoms with Gasteiger partial charge in [-0.25, -0.2) is 0 Å². The van der Waals surface area contributed by atoms with E-state index in [9.17, 15) is 0 Å². The van der Waals surface area contributed by atoms with Crippen molar-refractivity contribution in [2.24, 2.45) is 0 Å². The van der Waals surface area contributed by atoms with E-state index in [1.807, 2.05) is 6.92 Å². The van der Waals surface area contributed by atoms with Crippen LogP contribution < -0.4 is 5.64 Å². The van der Waals surface area contributed by atoms with E-state index in [4.69, 9.17) is 9.68 Å². The van der Waals surface area contributed by atoms with Crippen LogP contribution in [0.15, 0.2) is 0 Å². The van der Waals surface area contributed by atoms with E-state index in [1.165, 1.54) is 245 Å². The summed E-state index contributed by atoms with van der Waals surface area (Å²) in [6.45, 7) is 17.7. The van der Waals surface area contributed by atoms with Gasteiger partial charge in [0.1, 0.15) is 0 Å². The van der Waals surface area contributed by atoms with Crippen molar-refractivity contribution in [2.75, 3.05) is 52.5 Å². The maximum Gasteiger partial charge on any atom is 0.0721 e. The lowest BCUT2D eigenvalue weighted by Gasteiger charge is -2.26. The van der Waals surface area contributed by atoms with Gasteiger partial charge < -0.3 is 9.80 Å². The lowest BCUT2D eigenvalue weighted by atomic mass is 10.1. The van der Waals surface area contributed by atoms with Gasteiger partial charge in [-0.05, 0) is 71.8 Å². The summed E-state index contributed by atoms with van der Waals surface area (Å²) in [5.74, 6) is 0. The Balaban J connectivity index is 4.55. The van der Waals surface area contributed by atoms with E-state index < -0.39 is 0 Å². The molecule has 0 aliphatic rings. The second-order valence-electron chi connectivity index (χ2n) is 16.0. The maximum atomic E-state index is 5.48. The Labute approximate surface area is 322 Å². The van der Waals surface area contributed by atoms with Crippen molar-refractivity contribution >= 4 is 0 Å². The summed E-state index contributed by atoms with van der Waals surface area (Å²) in [6, 6.07) is 0. The average Bonchev–Trinajstić information content (AvgIpc) is 3.14. The molecular formula is C46H97N3O2. The highest BCUT2D eigenvalue weighted by Crippen LogP contribution is 2.15. The van der Waals surface area contributed by atoms with Crippen LogP contribution in [0.1, 0.15) is 246 Å². The molecule has 0 amide bonds. The molecule has 0 unspecified atom stereocenters. The summed E-state index contributed by atoms with van der Waals surface area (Å²) in [5, 5.41) is 0. The van der Waals surface area contributed by atoms with E-state index in [0.29, 0.717) is 13.2 Å². The first-order valence-electron chi connectivity index (χ1n) is 23.7. The molecule has 0 heterocycles. The van der Waals surface area contributed by atoms with Gasteiger partial charge in [0.05, 0.1) is 13.2 Å². The molecule has 0 aromatic heterocycles. The fourth-order valence-corrected chi connectivity index (χ4v) is 7.51. The largest absolute Gasteiger partial charge is 0.303 e. The van der Waals surface area contributed by atoms with Crippen molar-refractivity contribution in [2.45, 2.75) is 246 Å². The molecule has 1 N–H and O–H groups in total. The second kappa shape index (κ2) is 46.0. The van der Waals surface area contributed by atoms with E-state index in [0.717, 1.165) is 13.0 Å². The van der Waals surface area contributed by atoms with Gasteiger partial charge in [0.2, 0.25) is 0 Å². The van der Waals surface area contributed by atoms with Crippen LogP contribution in [0.3, 0.4) is 0 Å². The predicted molar refractivity (Wildman–Crippen MR) is 228 cm³/mol. The van der Waals surface area contributed by atoms with Gasteiger partial charge in [0.15, 0.2) is 0 Å². The Morgan fingerprint density at radius 1 is 0.275 bits per heavy atom. The molecule has 0 saturated heterocycles. The minimum absolute atomic E-state index is 0.625. The summed E-state index contributed by atoms with van der Waals surface area (Å²) in [5.41, 5.74) is 2.62. The summed E-state index contributed by atoms with van der Waals surface area (Å²) in [4.78, 5) is 16.2. The molecule has 5 heteroatoms. The van der Waals surface area contributed by atoms with Crippen LogP contribution >= 0.6 is 0 Å². The van der Waals surface area contributed by atoms with E-state index >= 15 is 0 Å². The molecule has 0 radical (unpaired) electrons. The molecule has 308 valence electrons. The first-order chi connectivity index (χ1) is 25.3. The third-order valence-corrected chi connectivity index (χ3v) is 10.9. The molecule has 51 heavy (non-hydrogen) atoms. The van der Waals surface area contributed by atoms with Crippen LogP contribution in [-0.4, -0.2) is 62.3 Å². The fraction of sp³-hybridized carbons (Fsp3) is 1.00. The SMILES string of the molecule is CCCCCCCCCCCCCN(CCCCCCCCCCCCC)CCCN(CCCCCCCCCCCC)CCCONOCC. The molecule has 0 atom stereocenters. The minimum atomic E-state index is 0.625. The number of rotatable bonds is 46. The number of nitrogens with zero attached hydrogens (tertiary/aromatic N) is 2. The summed E-state index contributed by atoms with van der Waals surface area (Å²) in [6.07, 6.45) is 48.0. The lowest BCUT2D eigenvalue weighted by Crippen LogP contribution is -2.33. The average molecular weight is 724 g/mol. The highest BCUT2D eigenvalue weighted by Gasteiger charge is 2.09. The van der Waals surface area contributed by atoms with Crippen LogP contribution in [0.4, 0.5) is 0 Å². The topological polar surface area (TPSA) is 37.0 Å². The van der Waals surface area contributed by atoms with Crippen molar-refractivity contribution in [1.29, 1.82) is 0 Å². The third kappa shape index (κ3) is 42.4. The van der Waals surface area contributed by atoms with Crippen molar-refractivity contribution < 1.29 is 9.68 Å². The van der Waals surface area contributed by atoms with Gasteiger partial charge in [0.25, 0.3) is 0 Å². The zero-order valence-electron chi connectivity index (χ0n) is 35.9. The number of nitrogens with one attached hydrogen (secondary N) is 1. The van der Waals surface area contributed by atoms with Gasteiger partial charge >= 0.3 is 0 Å². The number of unbranched alkanes of at least 4 members (excludes halogenated alkanes) is 29.